The van der Waals surface area contributed by atoms with E-state index in [1.807, 2.05) is 13.8 Å². The summed E-state index contributed by atoms with van der Waals surface area (Å²) in [4.78, 5) is 24.5. The Morgan fingerprint density at radius 3 is 2.55 bits per heavy atom. The number of methoxy groups -OCH3 is 1. The molecule has 0 bridgehead atoms. The number of phenolic OH excluding ortho intramolecular Hbond substituents is 2. The van der Waals surface area contributed by atoms with Crippen molar-refractivity contribution in [3.63, 3.8) is 0 Å². The van der Waals surface area contributed by atoms with Crippen LogP contribution in [0.1, 0.15) is 51.7 Å². The topological polar surface area (TPSA) is 115 Å². The molecule has 0 saturated heterocycles. The second-order valence-corrected chi connectivity index (χ2v) is 9.62. The van der Waals surface area contributed by atoms with E-state index in [0.717, 1.165) is 0 Å². The molecule has 0 unspecified atom stereocenters. The van der Waals surface area contributed by atoms with Gasteiger partial charge in [0, 0.05) is 23.3 Å². The predicted molar refractivity (Wildman–Crippen MR) is 122 cm³/mol. The van der Waals surface area contributed by atoms with Crippen LogP contribution in [0, 0.1) is 0 Å². The van der Waals surface area contributed by atoms with E-state index in [4.69, 9.17) is 18.6 Å². The fraction of sp³-hybridized carbons (Fsp3) is 0.440. The van der Waals surface area contributed by atoms with E-state index < -0.39 is 16.6 Å². The van der Waals surface area contributed by atoms with Gasteiger partial charge in [0.2, 0.25) is 5.43 Å². The van der Waals surface area contributed by atoms with Gasteiger partial charge in [0.15, 0.2) is 11.5 Å². The molecule has 0 amide bonds. The maximum atomic E-state index is 13.7. The van der Waals surface area contributed by atoms with Crippen molar-refractivity contribution in [2.75, 3.05) is 7.11 Å². The van der Waals surface area contributed by atoms with Crippen LogP contribution in [0.25, 0.3) is 21.9 Å². The van der Waals surface area contributed by atoms with Crippen molar-refractivity contribution in [2.24, 2.45) is 0 Å². The molecule has 2 N–H and O–H groups in total. The molecular formula is C25H28O8. The van der Waals surface area contributed by atoms with Crippen LogP contribution in [0.2, 0.25) is 0 Å². The highest BCUT2D eigenvalue weighted by atomic mass is 16.5. The lowest BCUT2D eigenvalue weighted by Gasteiger charge is -2.33. The molecule has 1 aliphatic rings. The van der Waals surface area contributed by atoms with E-state index in [1.165, 1.54) is 13.2 Å². The molecule has 8 nitrogen and oxygen atoms in total. The molecule has 0 atom stereocenters. The summed E-state index contributed by atoms with van der Waals surface area (Å²) in [6.45, 7) is 7.79. The molecule has 2 aromatic carbocycles. The maximum absolute atomic E-state index is 13.7. The molecule has 33 heavy (non-hydrogen) atoms. The van der Waals surface area contributed by atoms with Gasteiger partial charge in [-0.25, -0.2) is 0 Å². The largest absolute Gasteiger partial charge is 0.507 e. The van der Waals surface area contributed by atoms with Gasteiger partial charge in [0.1, 0.15) is 39.3 Å². The van der Waals surface area contributed by atoms with E-state index in [1.54, 1.807) is 19.9 Å². The lowest BCUT2D eigenvalue weighted by Crippen LogP contribution is -2.32. The SMILES string of the molecule is COc1c(O)cc2oc3cc4c(c(O)c3c(=O)c2c1CCC(C)(C)OC=O)CCC(C)(C)O4. The number of carbonyl (C=O) groups is 1. The van der Waals surface area contributed by atoms with Gasteiger partial charge in [-0.1, -0.05) is 0 Å². The average molecular weight is 456 g/mol. The van der Waals surface area contributed by atoms with E-state index in [-0.39, 0.29) is 45.6 Å². The first-order valence-electron chi connectivity index (χ1n) is 10.8. The lowest BCUT2D eigenvalue weighted by molar-refractivity contribution is -0.140. The summed E-state index contributed by atoms with van der Waals surface area (Å²) in [6.07, 6.45) is 1.87. The van der Waals surface area contributed by atoms with Crippen LogP contribution in [0.15, 0.2) is 21.3 Å². The highest BCUT2D eigenvalue weighted by Gasteiger charge is 2.31. The van der Waals surface area contributed by atoms with Crippen LogP contribution in [-0.4, -0.2) is 35.0 Å². The average Bonchev–Trinajstić information content (AvgIpc) is 2.70. The van der Waals surface area contributed by atoms with Crippen LogP contribution < -0.4 is 14.9 Å². The first-order chi connectivity index (χ1) is 15.5. The van der Waals surface area contributed by atoms with Crippen LogP contribution in [0.5, 0.6) is 23.0 Å². The van der Waals surface area contributed by atoms with Gasteiger partial charge in [-0.15, -0.1) is 0 Å². The smallest absolute Gasteiger partial charge is 0.293 e. The number of hydrogen-bond donors (Lipinski definition) is 2. The number of aromatic hydroxyl groups is 2. The number of ether oxygens (including phenoxy) is 3. The Balaban J connectivity index is 1.98. The molecule has 4 rings (SSSR count). The second-order valence-electron chi connectivity index (χ2n) is 9.62. The van der Waals surface area contributed by atoms with Crippen molar-refractivity contribution >= 4 is 28.4 Å². The summed E-state index contributed by atoms with van der Waals surface area (Å²) in [6, 6.07) is 2.95. The third-order valence-electron chi connectivity index (χ3n) is 6.24. The Labute approximate surface area is 190 Å². The lowest BCUT2D eigenvalue weighted by atomic mass is 9.91. The Hall–Kier alpha value is -3.42. The van der Waals surface area contributed by atoms with Crippen molar-refractivity contribution < 1.29 is 33.6 Å². The summed E-state index contributed by atoms with van der Waals surface area (Å²) >= 11 is 0. The van der Waals surface area contributed by atoms with Gasteiger partial charge in [-0.3, -0.25) is 9.59 Å². The summed E-state index contributed by atoms with van der Waals surface area (Å²) < 4.78 is 22.5. The quantitative estimate of drug-likeness (QED) is 0.415. The zero-order valence-electron chi connectivity index (χ0n) is 19.4. The number of phenols is 2. The van der Waals surface area contributed by atoms with Crippen LogP contribution in [0.3, 0.4) is 0 Å². The van der Waals surface area contributed by atoms with Crippen molar-refractivity contribution in [3.8, 4) is 23.0 Å². The summed E-state index contributed by atoms with van der Waals surface area (Å²) in [7, 11) is 1.40. The minimum atomic E-state index is -0.799. The van der Waals surface area contributed by atoms with Gasteiger partial charge >= 0.3 is 0 Å². The Morgan fingerprint density at radius 1 is 1.18 bits per heavy atom. The molecule has 0 saturated carbocycles. The third-order valence-corrected chi connectivity index (χ3v) is 6.24. The minimum absolute atomic E-state index is 0.0574. The third kappa shape index (κ3) is 3.94. The van der Waals surface area contributed by atoms with Gasteiger partial charge in [0.25, 0.3) is 6.47 Å². The Morgan fingerprint density at radius 2 is 1.88 bits per heavy atom. The van der Waals surface area contributed by atoms with Crippen LogP contribution in [-0.2, 0) is 22.4 Å². The summed E-state index contributed by atoms with van der Waals surface area (Å²) in [5, 5.41) is 21.8. The van der Waals surface area contributed by atoms with Crippen molar-refractivity contribution in [1.82, 2.24) is 0 Å². The van der Waals surface area contributed by atoms with Crippen LogP contribution >= 0.6 is 0 Å². The maximum Gasteiger partial charge on any atom is 0.293 e. The monoisotopic (exact) mass is 456 g/mol. The zero-order valence-corrected chi connectivity index (χ0v) is 19.4. The molecular weight excluding hydrogens is 428 g/mol. The molecule has 0 spiro atoms. The number of fused-ring (bicyclic) bond motifs is 3. The van der Waals surface area contributed by atoms with Gasteiger partial charge in [-0.2, -0.15) is 0 Å². The van der Waals surface area contributed by atoms with E-state index >= 15 is 0 Å². The first kappa shape index (κ1) is 22.8. The Bertz CT molecular complexity index is 1320. The molecule has 0 fully saturated rings. The number of rotatable bonds is 6. The van der Waals surface area contributed by atoms with E-state index in [0.29, 0.717) is 42.6 Å². The van der Waals surface area contributed by atoms with Gasteiger partial charge in [-0.05, 0) is 53.4 Å². The van der Waals surface area contributed by atoms with E-state index in [2.05, 4.69) is 0 Å². The van der Waals surface area contributed by atoms with Crippen molar-refractivity contribution in [2.45, 2.75) is 64.6 Å². The number of benzene rings is 2. The predicted octanol–water partition coefficient (Wildman–Crippen LogP) is 4.35. The van der Waals surface area contributed by atoms with Crippen LogP contribution in [0.4, 0.5) is 0 Å². The highest BCUT2D eigenvalue weighted by molar-refractivity contribution is 5.97. The molecule has 1 aromatic heterocycles. The minimum Gasteiger partial charge on any atom is -0.507 e. The molecule has 176 valence electrons. The molecule has 8 heteroatoms. The molecule has 0 radical (unpaired) electrons. The Kier molecular flexibility index (Phi) is 5.42. The molecule has 2 heterocycles. The zero-order chi connectivity index (χ0) is 24.1. The second kappa shape index (κ2) is 7.86. The molecule has 0 aliphatic carbocycles. The standard InChI is InChI=1S/C25H28O8/c1-24(2,31-12-26)8-7-14-19-17(10-15(27)23(14)30-5)32-18-11-16-13(6-9-25(3,4)33-16)21(28)20(18)22(19)29/h10-12,27-28H,6-9H2,1-5H3. The fourth-order valence-electron chi connectivity index (χ4n) is 4.40. The number of aryl methyl sites for hydroxylation is 1. The summed E-state index contributed by atoms with van der Waals surface area (Å²) in [5.41, 5.74) is -0.321. The molecule has 1 aliphatic heterocycles. The molecule has 3 aromatic rings. The first-order valence-corrected chi connectivity index (χ1v) is 10.8. The number of carbonyl (C=O) groups excluding carboxylic acids is 1. The van der Waals surface area contributed by atoms with Crippen molar-refractivity contribution in [3.05, 3.63) is 33.5 Å². The van der Waals surface area contributed by atoms with E-state index in [9.17, 15) is 19.8 Å². The fourth-order valence-corrected chi connectivity index (χ4v) is 4.40. The highest BCUT2D eigenvalue weighted by Crippen LogP contribution is 2.44. The van der Waals surface area contributed by atoms with Gasteiger partial charge in [0.05, 0.1) is 12.5 Å². The summed E-state index contributed by atoms with van der Waals surface area (Å²) in [5.74, 6) is 0.274. The number of hydrogen-bond acceptors (Lipinski definition) is 8. The van der Waals surface area contributed by atoms with Crippen molar-refractivity contribution in [1.29, 1.82) is 0 Å². The van der Waals surface area contributed by atoms with Gasteiger partial charge < -0.3 is 28.8 Å². The normalized spacial score (nSPS) is 15.2.